The van der Waals surface area contributed by atoms with Gasteiger partial charge in [-0.25, -0.2) is 0 Å². The minimum absolute atomic E-state index is 0. The van der Waals surface area contributed by atoms with Crippen molar-refractivity contribution < 1.29 is 18.9 Å². The number of hydrogen-bond acceptors (Lipinski definition) is 5. The SMILES string of the molecule is CCOc1ccc(CNC(=NC)NCCCOCC2CCCO2)cc1OC.I. The summed E-state index contributed by atoms with van der Waals surface area (Å²) in [6.45, 7) is 6.32. The molecule has 0 saturated carbocycles. The number of methoxy groups -OCH3 is 1. The number of benzene rings is 1. The molecule has 8 heteroatoms. The van der Waals surface area contributed by atoms with Gasteiger partial charge in [-0.15, -0.1) is 24.0 Å². The standard InChI is InChI=1S/C20H33N3O4.HI/c1-4-26-18-9-8-16(13-19(18)24-3)14-23-20(21-2)22-10-6-11-25-15-17-7-5-12-27-17;/h8-9,13,17H,4-7,10-12,14-15H2,1-3H3,(H2,21,22,23);1H. The smallest absolute Gasteiger partial charge is 0.191 e. The first-order chi connectivity index (χ1) is 13.3. The molecule has 1 aromatic carbocycles. The van der Waals surface area contributed by atoms with Crippen molar-refractivity contribution >= 4 is 29.9 Å². The van der Waals surface area contributed by atoms with Crippen molar-refractivity contribution in [3.8, 4) is 11.5 Å². The van der Waals surface area contributed by atoms with Crippen LogP contribution in [0.5, 0.6) is 11.5 Å². The Morgan fingerprint density at radius 3 is 2.82 bits per heavy atom. The van der Waals surface area contributed by atoms with E-state index in [-0.39, 0.29) is 24.0 Å². The molecule has 1 atom stereocenters. The van der Waals surface area contributed by atoms with E-state index in [1.165, 1.54) is 0 Å². The summed E-state index contributed by atoms with van der Waals surface area (Å²) in [6, 6.07) is 5.93. The Kier molecular flexibility index (Phi) is 13.0. The summed E-state index contributed by atoms with van der Waals surface area (Å²) in [7, 11) is 3.42. The first-order valence-corrected chi connectivity index (χ1v) is 9.70. The zero-order chi connectivity index (χ0) is 19.3. The van der Waals surface area contributed by atoms with E-state index in [2.05, 4.69) is 15.6 Å². The van der Waals surface area contributed by atoms with Crippen LogP contribution in [0, 0.1) is 0 Å². The molecule has 0 spiro atoms. The van der Waals surface area contributed by atoms with E-state index in [1.54, 1.807) is 14.2 Å². The number of nitrogens with one attached hydrogen (secondary N) is 2. The molecule has 0 aliphatic carbocycles. The molecule has 1 aliphatic heterocycles. The van der Waals surface area contributed by atoms with Crippen LogP contribution in [0.2, 0.25) is 0 Å². The van der Waals surface area contributed by atoms with Gasteiger partial charge in [0.05, 0.1) is 26.4 Å². The summed E-state index contributed by atoms with van der Waals surface area (Å²) in [6.07, 6.45) is 3.48. The predicted octanol–water partition coefficient (Wildman–Crippen LogP) is 2.96. The normalized spacial score (nSPS) is 16.4. The zero-order valence-corrected chi connectivity index (χ0v) is 19.5. The Labute approximate surface area is 185 Å². The molecule has 7 nitrogen and oxygen atoms in total. The van der Waals surface area contributed by atoms with E-state index in [1.807, 2.05) is 25.1 Å². The van der Waals surface area contributed by atoms with E-state index < -0.39 is 0 Å². The highest BCUT2D eigenvalue weighted by atomic mass is 127. The van der Waals surface area contributed by atoms with E-state index >= 15 is 0 Å². The summed E-state index contributed by atoms with van der Waals surface area (Å²) >= 11 is 0. The molecule has 1 unspecified atom stereocenters. The maximum absolute atomic E-state index is 5.67. The van der Waals surface area contributed by atoms with Crippen molar-refractivity contribution in [1.82, 2.24) is 10.6 Å². The molecule has 2 rings (SSSR count). The van der Waals surface area contributed by atoms with Gasteiger partial charge in [0.1, 0.15) is 0 Å². The maximum Gasteiger partial charge on any atom is 0.191 e. The van der Waals surface area contributed by atoms with Crippen LogP contribution in [-0.4, -0.2) is 59.2 Å². The summed E-state index contributed by atoms with van der Waals surface area (Å²) in [5.41, 5.74) is 1.10. The van der Waals surface area contributed by atoms with Crippen LogP contribution >= 0.6 is 24.0 Å². The lowest BCUT2D eigenvalue weighted by atomic mass is 10.2. The minimum atomic E-state index is 0. The molecule has 1 aliphatic rings. The second-order valence-electron chi connectivity index (χ2n) is 6.33. The van der Waals surface area contributed by atoms with Crippen molar-refractivity contribution in [3.05, 3.63) is 23.8 Å². The Bertz CT molecular complexity index is 581. The average Bonchev–Trinajstić information content (AvgIpc) is 3.21. The number of nitrogens with zero attached hydrogens (tertiary/aromatic N) is 1. The lowest BCUT2D eigenvalue weighted by molar-refractivity contribution is 0.0168. The van der Waals surface area contributed by atoms with Crippen molar-refractivity contribution in [1.29, 1.82) is 0 Å². The van der Waals surface area contributed by atoms with E-state index in [4.69, 9.17) is 18.9 Å². The molecule has 1 fully saturated rings. The second kappa shape index (κ2) is 14.7. The molecule has 1 heterocycles. The molecule has 2 N–H and O–H groups in total. The lowest BCUT2D eigenvalue weighted by Crippen LogP contribution is -2.37. The molecule has 1 saturated heterocycles. The van der Waals surface area contributed by atoms with Gasteiger partial charge in [0, 0.05) is 33.4 Å². The minimum Gasteiger partial charge on any atom is -0.493 e. The number of guanidine groups is 1. The van der Waals surface area contributed by atoms with Crippen LogP contribution in [0.25, 0.3) is 0 Å². The Balaban J connectivity index is 0.00000392. The lowest BCUT2D eigenvalue weighted by Gasteiger charge is -2.14. The van der Waals surface area contributed by atoms with Crippen LogP contribution < -0.4 is 20.1 Å². The molecule has 1 aromatic rings. The Hall–Kier alpha value is -1.26. The van der Waals surface area contributed by atoms with E-state index in [9.17, 15) is 0 Å². The van der Waals surface area contributed by atoms with Crippen LogP contribution in [0.3, 0.4) is 0 Å². The number of ether oxygens (including phenoxy) is 4. The van der Waals surface area contributed by atoms with Gasteiger partial charge >= 0.3 is 0 Å². The largest absolute Gasteiger partial charge is 0.493 e. The summed E-state index contributed by atoms with van der Waals surface area (Å²) in [5.74, 6) is 2.26. The van der Waals surface area contributed by atoms with Gasteiger partial charge in [-0.3, -0.25) is 4.99 Å². The fourth-order valence-electron chi connectivity index (χ4n) is 2.87. The average molecular weight is 507 g/mol. The molecular formula is C20H34IN3O4. The van der Waals surface area contributed by atoms with Crippen LogP contribution in [0.15, 0.2) is 23.2 Å². The molecule has 0 bridgehead atoms. The third kappa shape index (κ3) is 8.83. The number of hydrogen-bond donors (Lipinski definition) is 2. The first-order valence-electron chi connectivity index (χ1n) is 9.70. The zero-order valence-electron chi connectivity index (χ0n) is 17.2. The van der Waals surface area contributed by atoms with Crippen molar-refractivity contribution in [2.75, 3.05) is 47.1 Å². The Morgan fingerprint density at radius 2 is 2.14 bits per heavy atom. The molecule has 0 amide bonds. The van der Waals surface area contributed by atoms with E-state index in [0.29, 0.717) is 25.9 Å². The van der Waals surface area contributed by atoms with Crippen LogP contribution in [0.4, 0.5) is 0 Å². The third-order valence-corrected chi connectivity index (χ3v) is 4.30. The third-order valence-electron chi connectivity index (χ3n) is 4.30. The highest BCUT2D eigenvalue weighted by Gasteiger charge is 2.14. The van der Waals surface area contributed by atoms with Gasteiger partial charge in [-0.05, 0) is 43.9 Å². The van der Waals surface area contributed by atoms with Gasteiger partial charge in [-0.1, -0.05) is 6.07 Å². The molecule has 160 valence electrons. The highest BCUT2D eigenvalue weighted by molar-refractivity contribution is 14.0. The molecule has 0 aromatic heterocycles. The summed E-state index contributed by atoms with van der Waals surface area (Å²) in [4.78, 5) is 4.25. The highest BCUT2D eigenvalue weighted by Crippen LogP contribution is 2.27. The summed E-state index contributed by atoms with van der Waals surface area (Å²) < 4.78 is 22.1. The maximum atomic E-state index is 5.67. The van der Waals surface area contributed by atoms with Gasteiger partial charge in [0.15, 0.2) is 17.5 Å². The van der Waals surface area contributed by atoms with Gasteiger partial charge in [-0.2, -0.15) is 0 Å². The monoisotopic (exact) mass is 507 g/mol. The fraction of sp³-hybridized carbons (Fsp3) is 0.650. The van der Waals surface area contributed by atoms with Crippen molar-refractivity contribution in [2.24, 2.45) is 4.99 Å². The van der Waals surface area contributed by atoms with Gasteiger partial charge in [0.2, 0.25) is 0 Å². The number of halogens is 1. The number of rotatable bonds is 11. The van der Waals surface area contributed by atoms with E-state index in [0.717, 1.165) is 62.0 Å². The first kappa shape index (κ1) is 24.8. The van der Waals surface area contributed by atoms with Gasteiger partial charge < -0.3 is 29.6 Å². The van der Waals surface area contributed by atoms with Gasteiger partial charge in [0.25, 0.3) is 0 Å². The molecule has 28 heavy (non-hydrogen) atoms. The van der Waals surface area contributed by atoms with Crippen molar-refractivity contribution in [3.63, 3.8) is 0 Å². The molecular weight excluding hydrogens is 473 g/mol. The predicted molar refractivity (Wildman–Crippen MR) is 122 cm³/mol. The topological polar surface area (TPSA) is 73.3 Å². The fourth-order valence-corrected chi connectivity index (χ4v) is 2.87. The second-order valence-corrected chi connectivity index (χ2v) is 6.33. The van der Waals surface area contributed by atoms with Crippen molar-refractivity contribution in [2.45, 2.75) is 38.8 Å². The van der Waals surface area contributed by atoms with Crippen LogP contribution in [-0.2, 0) is 16.0 Å². The quantitative estimate of drug-likeness (QED) is 0.208. The number of aliphatic imine (C=N–C) groups is 1. The summed E-state index contributed by atoms with van der Waals surface area (Å²) in [5, 5.41) is 6.61. The Morgan fingerprint density at radius 1 is 1.29 bits per heavy atom. The molecule has 0 radical (unpaired) electrons. The van der Waals surface area contributed by atoms with Crippen LogP contribution in [0.1, 0.15) is 31.7 Å².